The van der Waals surface area contributed by atoms with E-state index >= 15 is 0 Å². The molecule has 5 atom stereocenters. The third-order valence-corrected chi connectivity index (χ3v) is 3.99. The number of hydrogen-bond donors (Lipinski definition) is 5. The smallest absolute Gasteiger partial charge is 0.220 e. The Morgan fingerprint density at radius 1 is 1.05 bits per heavy atom. The average molecular weight is 319 g/mol. The van der Waals surface area contributed by atoms with Crippen molar-refractivity contribution in [3.63, 3.8) is 0 Å². The van der Waals surface area contributed by atoms with Crippen molar-refractivity contribution < 1.29 is 30.0 Å². The number of rotatable bonds is 9. The van der Waals surface area contributed by atoms with Gasteiger partial charge in [-0.3, -0.25) is 4.79 Å². The topological polar surface area (TPSA) is 119 Å². The molecule has 1 unspecified atom stereocenters. The van der Waals surface area contributed by atoms with Crippen molar-refractivity contribution >= 4 is 5.91 Å². The molecule has 130 valence electrons. The van der Waals surface area contributed by atoms with E-state index in [0.29, 0.717) is 6.42 Å². The van der Waals surface area contributed by atoms with Crippen LogP contribution in [0.2, 0.25) is 0 Å². The fourth-order valence-corrected chi connectivity index (χ4v) is 2.58. The molecule has 0 saturated carbocycles. The van der Waals surface area contributed by atoms with Crippen LogP contribution in [0.5, 0.6) is 0 Å². The van der Waals surface area contributed by atoms with Gasteiger partial charge in [-0.05, 0) is 6.42 Å². The van der Waals surface area contributed by atoms with Gasteiger partial charge in [0.05, 0.1) is 6.61 Å². The standard InChI is InChI=1S/C15H29NO6/c1-2-3-4-5-6-7-8-11(18)16-12-14(20)13(19)10(9-17)22-15(12)21/h10,12-15,17,19-21H,2-9H2,1H3,(H,16,18)/t10-,12-,13-,14-,15?/m1/s1. The molecule has 1 rings (SSSR count). The Kier molecular flexibility index (Phi) is 8.89. The van der Waals surface area contributed by atoms with E-state index in [2.05, 4.69) is 12.2 Å². The van der Waals surface area contributed by atoms with Gasteiger partial charge in [-0.2, -0.15) is 0 Å². The maximum atomic E-state index is 11.8. The normalized spacial score (nSPS) is 32.0. The zero-order valence-corrected chi connectivity index (χ0v) is 13.1. The minimum absolute atomic E-state index is 0.295. The Hall–Kier alpha value is -0.730. The quantitative estimate of drug-likeness (QED) is 0.371. The van der Waals surface area contributed by atoms with E-state index < -0.39 is 37.3 Å². The first-order chi connectivity index (χ1) is 10.5. The van der Waals surface area contributed by atoms with Crippen molar-refractivity contribution in [2.45, 2.75) is 82.5 Å². The number of unbranched alkanes of at least 4 members (excludes halogenated alkanes) is 5. The van der Waals surface area contributed by atoms with Gasteiger partial charge in [0.2, 0.25) is 5.91 Å². The summed E-state index contributed by atoms with van der Waals surface area (Å²) in [4.78, 5) is 11.8. The molecule has 0 radical (unpaired) electrons. The molecule has 0 bridgehead atoms. The van der Waals surface area contributed by atoms with Gasteiger partial charge in [0.25, 0.3) is 0 Å². The second-order valence-corrected chi connectivity index (χ2v) is 5.84. The molecule has 0 spiro atoms. The van der Waals surface area contributed by atoms with Crippen LogP contribution in [0.25, 0.3) is 0 Å². The van der Waals surface area contributed by atoms with Gasteiger partial charge in [-0.15, -0.1) is 0 Å². The van der Waals surface area contributed by atoms with Crippen molar-refractivity contribution in [2.75, 3.05) is 6.61 Å². The van der Waals surface area contributed by atoms with Crippen LogP contribution in [-0.4, -0.2) is 63.6 Å². The second-order valence-electron chi connectivity index (χ2n) is 5.84. The van der Waals surface area contributed by atoms with Crippen LogP contribution in [-0.2, 0) is 9.53 Å². The number of amides is 1. The first-order valence-corrected chi connectivity index (χ1v) is 8.11. The molecule has 0 aromatic heterocycles. The highest BCUT2D eigenvalue weighted by atomic mass is 16.6. The fraction of sp³-hybridized carbons (Fsp3) is 0.933. The molecule has 1 saturated heterocycles. The zero-order valence-electron chi connectivity index (χ0n) is 13.1. The third-order valence-electron chi connectivity index (χ3n) is 3.99. The Morgan fingerprint density at radius 3 is 2.32 bits per heavy atom. The summed E-state index contributed by atoms with van der Waals surface area (Å²) in [6.45, 7) is 1.62. The summed E-state index contributed by atoms with van der Waals surface area (Å²) in [5, 5.41) is 40.9. The highest BCUT2D eigenvalue weighted by Crippen LogP contribution is 2.20. The minimum Gasteiger partial charge on any atom is -0.394 e. The van der Waals surface area contributed by atoms with Gasteiger partial charge < -0.3 is 30.5 Å². The molecule has 0 aliphatic carbocycles. The molecule has 22 heavy (non-hydrogen) atoms. The second kappa shape index (κ2) is 10.1. The van der Waals surface area contributed by atoms with Crippen LogP contribution < -0.4 is 5.32 Å². The predicted octanol–water partition coefficient (Wildman–Crippen LogP) is -0.347. The van der Waals surface area contributed by atoms with Gasteiger partial charge in [0.1, 0.15) is 24.4 Å². The number of carbonyl (C=O) groups excluding carboxylic acids is 1. The Bertz CT molecular complexity index is 327. The molecule has 1 amide bonds. The number of hydrogen-bond acceptors (Lipinski definition) is 6. The van der Waals surface area contributed by atoms with Crippen LogP contribution in [0.1, 0.15) is 51.9 Å². The lowest BCUT2D eigenvalue weighted by atomic mass is 9.97. The van der Waals surface area contributed by atoms with Crippen LogP contribution in [0.15, 0.2) is 0 Å². The molecule has 0 aromatic carbocycles. The Morgan fingerprint density at radius 2 is 1.68 bits per heavy atom. The first kappa shape index (κ1) is 19.3. The predicted molar refractivity (Wildman–Crippen MR) is 79.9 cm³/mol. The molecular formula is C15H29NO6. The summed E-state index contributed by atoms with van der Waals surface area (Å²) >= 11 is 0. The zero-order chi connectivity index (χ0) is 16.5. The van der Waals surface area contributed by atoms with Crippen molar-refractivity contribution in [2.24, 2.45) is 0 Å². The highest BCUT2D eigenvalue weighted by molar-refractivity contribution is 5.76. The summed E-state index contributed by atoms with van der Waals surface area (Å²) in [5.74, 6) is -0.295. The summed E-state index contributed by atoms with van der Waals surface area (Å²) < 4.78 is 4.98. The summed E-state index contributed by atoms with van der Waals surface area (Å²) in [5.41, 5.74) is 0. The van der Waals surface area contributed by atoms with Gasteiger partial charge in [-0.1, -0.05) is 39.0 Å². The maximum Gasteiger partial charge on any atom is 0.220 e. The first-order valence-electron chi connectivity index (χ1n) is 8.11. The molecular weight excluding hydrogens is 290 g/mol. The number of carbonyl (C=O) groups is 1. The Labute approximate surface area is 131 Å². The van der Waals surface area contributed by atoms with Crippen molar-refractivity contribution in [1.29, 1.82) is 0 Å². The highest BCUT2D eigenvalue weighted by Gasteiger charge is 2.44. The molecule has 1 fully saturated rings. The monoisotopic (exact) mass is 319 g/mol. The van der Waals surface area contributed by atoms with Crippen molar-refractivity contribution in [3.05, 3.63) is 0 Å². The van der Waals surface area contributed by atoms with E-state index in [1.165, 1.54) is 19.3 Å². The van der Waals surface area contributed by atoms with E-state index in [4.69, 9.17) is 9.84 Å². The van der Waals surface area contributed by atoms with Gasteiger partial charge >= 0.3 is 0 Å². The van der Waals surface area contributed by atoms with Crippen molar-refractivity contribution in [3.8, 4) is 0 Å². The average Bonchev–Trinajstić information content (AvgIpc) is 2.50. The van der Waals surface area contributed by atoms with E-state index in [0.717, 1.165) is 19.3 Å². The number of ether oxygens (including phenoxy) is 1. The largest absolute Gasteiger partial charge is 0.394 e. The van der Waals surface area contributed by atoms with Gasteiger partial charge in [0, 0.05) is 6.42 Å². The van der Waals surface area contributed by atoms with Crippen LogP contribution in [0, 0.1) is 0 Å². The molecule has 5 N–H and O–H groups in total. The lowest BCUT2D eigenvalue weighted by Crippen LogP contribution is -2.64. The van der Waals surface area contributed by atoms with E-state index in [1.807, 2.05) is 0 Å². The molecule has 1 aliphatic heterocycles. The molecule has 0 aromatic rings. The van der Waals surface area contributed by atoms with Gasteiger partial charge in [0.15, 0.2) is 6.29 Å². The van der Waals surface area contributed by atoms with Crippen LogP contribution >= 0.6 is 0 Å². The van der Waals surface area contributed by atoms with E-state index in [9.17, 15) is 20.1 Å². The van der Waals surface area contributed by atoms with E-state index in [1.54, 1.807) is 0 Å². The SMILES string of the molecule is CCCCCCCCC(=O)N[C@H]1C(O)O[C@H](CO)[C@@H](O)[C@@H]1O. The molecule has 1 aliphatic rings. The number of aliphatic hydroxyl groups excluding tert-OH is 4. The Balaban J connectivity index is 2.31. The van der Waals surface area contributed by atoms with Gasteiger partial charge in [-0.25, -0.2) is 0 Å². The summed E-state index contributed by atoms with van der Waals surface area (Å²) in [6, 6.07) is -1.09. The minimum atomic E-state index is -1.45. The van der Waals surface area contributed by atoms with Crippen LogP contribution in [0.4, 0.5) is 0 Å². The number of nitrogens with one attached hydrogen (secondary N) is 1. The summed E-state index contributed by atoms with van der Waals surface area (Å²) in [6.07, 6.45) is 1.41. The molecule has 7 nitrogen and oxygen atoms in total. The fourth-order valence-electron chi connectivity index (χ4n) is 2.58. The van der Waals surface area contributed by atoms with Crippen molar-refractivity contribution in [1.82, 2.24) is 5.32 Å². The number of aliphatic hydroxyl groups is 4. The molecule has 1 heterocycles. The van der Waals surface area contributed by atoms with E-state index in [-0.39, 0.29) is 5.91 Å². The lowest BCUT2D eigenvalue weighted by molar-refractivity contribution is -0.253. The lowest BCUT2D eigenvalue weighted by Gasteiger charge is -2.40. The summed E-state index contributed by atoms with van der Waals surface area (Å²) in [7, 11) is 0. The maximum absolute atomic E-state index is 11.8. The third kappa shape index (κ3) is 5.81. The van der Waals surface area contributed by atoms with Crippen LogP contribution in [0.3, 0.4) is 0 Å². The molecule has 7 heteroatoms.